The molecule has 2 aromatic rings. The Labute approximate surface area is 157 Å². The molecular formula is C21H22O4S. The SMILES string of the molecule is COc1ccc(C(C)=O)cc1COC(=O)CSc1ccc2c(c1)CCC2. The molecule has 0 aromatic heterocycles. The van der Waals surface area contributed by atoms with Crippen molar-refractivity contribution < 1.29 is 19.1 Å². The van der Waals surface area contributed by atoms with Gasteiger partial charge in [0.2, 0.25) is 0 Å². The van der Waals surface area contributed by atoms with Gasteiger partial charge >= 0.3 is 5.97 Å². The van der Waals surface area contributed by atoms with E-state index in [2.05, 4.69) is 18.2 Å². The maximum absolute atomic E-state index is 12.1. The van der Waals surface area contributed by atoms with Crippen molar-refractivity contribution in [2.75, 3.05) is 12.9 Å². The lowest BCUT2D eigenvalue weighted by Crippen LogP contribution is -2.08. The number of hydrogen-bond donors (Lipinski definition) is 0. The number of fused-ring (bicyclic) bond motifs is 1. The van der Waals surface area contributed by atoms with Gasteiger partial charge in [0.1, 0.15) is 12.4 Å². The third kappa shape index (κ3) is 4.47. The van der Waals surface area contributed by atoms with Crippen molar-refractivity contribution in [2.45, 2.75) is 37.7 Å². The summed E-state index contributed by atoms with van der Waals surface area (Å²) in [6, 6.07) is 11.5. The van der Waals surface area contributed by atoms with Gasteiger partial charge in [-0.2, -0.15) is 0 Å². The molecule has 0 aliphatic heterocycles. The Kier molecular flexibility index (Phi) is 5.99. The summed E-state index contributed by atoms with van der Waals surface area (Å²) in [6.45, 7) is 1.60. The molecule has 0 amide bonds. The number of benzene rings is 2. The minimum atomic E-state index is -0.286. The molecule has 0 heterocycles. The van der Waals surface area contributed by atoms with E-state index in [0.29, 0.717) is 16.9 Å². The first-order valence-corrected chi connectivity index (χ1v) is 9.63. The molecular weight excluding hydrogens is 348 g/mol. The van der Waals surface area contributed by atoms with Gasteiger partial charge in [0.05, 0.1) is 12.9 Å². The fourth-order valence-corrected chi connectivity index (χ4v) is 3.85. The van der Waals surface area contributed by atoms with Crippen LogP contribution in [-0.2, 0) is 29.0 Å². The summed E-state index contributed by atoms with van der Waals surface area (Å²) in [5, 5.41) is 0. The van der Waals surface area contributed by atoms with Crippen LogP contribution in [0.25, 0.3) is 0 Å². The van der Waals surface area contributed by atoms with Crippen LogP contribution in [-0.4, -0.2) is 24.6 Å². The van der Waals surface area contributed by atoms with E-state index in [1.807, 2.05) is 0 Å². The normalized spacial score (nSPS) is 12.5. The first-order chi connectivity index (χ1) is 12.6. The number of carbonyl (C=O) groups excluding carboxylic acids is 2. The number of ether oxygens (including phenoxy) is 2. The summed E-state index contributed by atoms with van der Waals surface area (Å²) in [7, 11) is 1.55. The lowest BCUT2D eigenvalue weighted by Gasteiger charge is -2.11. The number of carbonyl (C=O) groups is 2. The van der Waals surface area contributed by atoms with E-state index in [1.165, 1.54) is 36.2 Å². The third-order valence-corrected chi connectivity index (χ3v) is 5.47. The highest BCUT2D eigenvalue weighted by Crippen LogP contribution is 2.28. The second-order valence-electron chi connectivity index (χ2n) is 6.32. The summed E-state index contributed by atoms with van der Waals surface area (Å²) in [4.78, 5) is 24.7. The van der Waals surface area contributed by atoms with Gasteiger partial charge in [0.15, 0.2) is 5.78 Å². The van der Waals surface area contributed by atoms with Crippen molar-refractivity contribution in [1.82, 2.24) is 0 Å². The number of hydrogen-bond acceptors (Lipinski definition) is 5. The summed E-state index contributed by atoms with van der Waals surface area (Å²) >= 11 is 1.49. The zero-order valence-electron chi connectivity index (χ0n) is 15.0. The number of ketones is 1. The first-order valence-electron chi connectivity index (χ1n) is 8.65. The predicted molar refractivity (Wildman–Crippen MR) is 102 cm³/mol. The molecule has 136 valence electrons. The lowest BCUT2D eigenvalue weighted by molar-refractivity contribution is -0.141. The van der Waals surface area contributed by atoms with Crippen LogP contribution in [0.5, 0.6) is 5.75 Å². The van der Waals surface area contributed by atoms with Crippen LogP contribution in [0.1, 0.15) is 40.4 Å². The smallest absolute Gasteiger partial charge is 0.316 e. The number of aryl methyl sites for hydroxylation is 2. The van der Waals surface area contributed by atoms with E-state index in [0.717, 1.165) is 17.7 Å². The number of thioether (sulfide) groups is 1. The van der Waals surface area contributed by atoms with E-state index < -0.39 is 0 Å². The van der Waals surface area contributed by atoms with Crippen molar-refractivity contribution in [1.29, 1.82) is 0 Å². The first kappa shape index (κ1) is 18.5. The van der Waals surface area contributed by atoms with Crippen LogP contribution in [0.2, 0.25) is 0 Å². The van der Waals surface area contributed by atoms with Gasteiger partial charge in [0.25, 0.3) is 0 Å². The molecule has 1 aliphatic carbocycles. The molecule has 3 rings (SSSR count). The van der Waals surface area contributed by atoms with Crippen molar-refractivity contribution in [2.24, 2.45) is 0 Å². The minimum absolute atomic E-state index is 0.0348. The molecule has 0 atom stereocenters. The Hall–Kier alpha value is -2.27. The van der Waals surface area contributed by atoms with Crippen molar-refractivity contribution >= 4 is 23.5 Å². The molecule has 5 heteroatoms. The predicted octanol–water partition coefficient (Wildman–Crippen LogP) is 4.22. The summed E-state index contributed by atoms with van der Waals surface area (Å²) in [6.07, 6.45) is 3.50. The van der Waals surface area contributed by atoms with E-state index in [4.69, 9.17) is 9.47 Å². The highest BCUT2D eigenvalue weighted by Gasteiger charge is 2.13. The van der Waals surface area contributed by atoms with Crippen LogP contribution in [0.3, 0.4) is 0 Å². The van der Waals surface area contributed by atoms with Crippen LogP contribution >= 0.6 is 11.8 Å². The number of methoxy groups -OCH3 is 1. The van der Waals surface area contributed by atoms with Gasteiger partial charge in [-0.25, -0.2) is 0 Å². The van der Waals surface area contributed by atoms with Crippen LogP contribution < -0.4 is 4.74 Å². The van der Waals surface area contributed by atoms with Gasteiger partial charge < -0.3 is 9.47 Å². The topological polar surface area (TPSA) is 52.6 Å². The number of esters is 1. The average Bonchev–Trinajstić information content (AvgIpc) is 3.12. The quantitative estimate of drug-likeness (QED) is 0.415. The van der Waals surface area contributed by atoms with Crippen LogP contribution in [0.15, 0.2) is 41.3 Å². The number of Topliss-reactive ketones (excluding diaryl/α,β-unsaturated/α-hetero) is 1. The van der Waals surface area contributed by atoms with Crippen molar-refractivity contribution in [3.8, 4) is 5.75 Å². The molecule has 0 saturated heterocycles. The second-order valence-corrected chi connectivity index (χ2v) is 7.36. The molecule has 1 aliphatic rings. The second kappa shape index (κ2) is 8.41. The highest BCUT2D eigenvalue weighted by atomic mass is 32.2. The van der Waals surface area contributed by atoms with Gasteiger partial charge in [-0.3, -0.25) is 9.59 Å². The zero-order valence-corrected chi connectivity index (χ0v) is 15.9. The van der Waals surface area contributed by atoms with Gasteiger partial charge in [0, 0.05) is 16.0 Å². The third-order valence-electron chi connectivity index (χ3n) is 4.50. The molecule has 0 saturated carbocycles. The summed E-state index contributed by atoms with van der Waals surface area (Å²) in [5.41, 5.74) is 4.09. The Morgan fingerprint density at radius 2 is 1.88 bits per heavy atom. The van der Waals surface area contributed by atoms with Gasteiger partial charge in [-0.15, -0.1) is 11.8 Å². The monoisotopic (exact) mass is 370 g/mol. The fourth-order valence-electron chi connectivity index (χ4n) is 3.09. The van der Waals surface area contributed by atoms with E-state index in [1.54, 1.807) is 25.3 Å². The van der Waals surface area contributed by atoms with E-state index in [-0.39, 0.29) is 24.1 Å². The summed E-state index contributed by atoms with van der Waals surface area (Å²) in [5.74, 6) is 0.542. The molecule has 4 nitrogen and oxygen atoms in total. The maximum atomic E-state index is 12.1. The lowest BCUT2D eigenvalue weighted by atomic mass is 10.1. The summed E-state index contributed by atoms with van der Waals surface area (Å²) < 4.78 is 10.6. The molecule has 0 radical (unpaired) electrons. The van der Waals surface area contributed by atoms with E-state index >= 15 is 0 Å². The fraction of sp³-hybridized carbons (Fsp3) is 0.333. The molecule has 0 unspecified atom stereocenters. The molecule has 0 fully saturated rings. The van der Waals surface area contributed by atoms with Gasteiger partial charge in [-0.05, 0) is 67.6 Å². The Morgan fingerprint density at radius 1 is 1.08 bits per heavy atom. The maximum Gasteiger partial charge on any atom is 0.316 e. The Bertz CT molecular complexity index is 829. The molecule has 0 N–H and O–H groups in total. The van der Waals surface area contributed by atoms with Crippen LogP contribution in [0.4, 0.5) is 0 Å². The molecule has 0 bridgehead atoms. The standard InChI is InChI=1S/C21H22O4S/c1-14(22)16-7-9-20(24-2)18(10-16)12-25-21(23)13-26-19-8-6-15-4-3-5-17(15)11-19/h6-11H,3-5,12-13H2,1-2H3. The largest absolute Gasteiger partial charge is 0.496 e. The average molecular weight is 370 g/mol. The highest BCUT2D eigenvalue weighted by molar-refractivity contribution is 8.00. The minimum Gasteiger partial charge on any atom is -0.496 e. The Balaban J connectivity index is 1.55. The molecule has 2 aromatic carbocycles. The van der Waals surface area contributed by atoms with Gasteiger partial charge in [-0.1, -0.05) is 6.07 Å². The number of rotatable bonds is 7. The molecule has 0 spiro atoms. The van der Waals surface area contributed by atoms with Crippen molar-refractivity contribution in [3.63, 3.8) is 0 Å². The van der Waals surface area contributed by atoms with E-state index in [9.17, 15) is 9.59 Å². The van der Waals surface area contributed by atoms with Crippen LogP contribution in [0, 0.1) is 0 Å². The van der Waals surface area contributed by atoms with Crippen molar-refractivity contribution in [3.05, 3.63) is 58.7 Å². The zero-order chi connectivity index (χ0) is 18.5. The Morgan fingerprint density at radius 3 is 2.65 bits per heavy atom. The molecule has 26 heavy (non-hydrogen) atoms.